The maximum Gasteiger partial charge on any atom is 0.224 e. The molecule has 0 spiro atoms. The monoisotopic (exact) mass is 294 g/mol. The van der Waals surface area contributed by atoms with Gasteiger partial charge in [-0.3, -0.25) is 0 Å². The topological polar surface area (TPSA) is 91.3 Å². The van der Waals surface area contributed by atoms with Crippen molar-refractivity contribution in [3.63, 3.8) is 0 Å². The molecule has 0 bridgehead atoms. The highest BCUT2D eigenvalue weighted by atomic mass is 16.5. The SMILES string of the molecule is COCCN(CCOC)c1nc(N)nc2c1nc(C)n2C. The van der Waals surface area contributed by atoms with E-state index in [0.717, 1.165) is 22.8 Å². The molecular formula is C13H22N6O2. The molecule has 2 heterocycles. The lowest BCUT2D eigenvalue weighted by Gasteiger charge is -2.23. The van der Waals surface area contributed by atoms with E-state index in [9.17, 15) is 0 Å². The van der Waals surface area contributed by atoms with Crippen LogP contribution in [0.15, 0.2) is 0 Å². The zero-order chi connectivity index (χ0) is 15.4. The van der Waals surface area contributed by atoms with Gasteiger partial charge in [-0.1, -0.05) is 0 Å². The van der Waals surface area contributed by atoms with Crippen LogP contribution in [0.5, 0.6) is 0 Å². The van der Waals surface area contributed by atoms with Gasteiger partial charge in [-0.05, 0) is 6.92 Å². The lowest BCUT2D eigenvalue weighted by atomic mass is 10.4. The third-order valence-electron chi connectivity index (χ3n) is 3.37. The van der Waals surface area contributed by atoms with Crippen molar-refractivity contribution in [3.8, 4) is 0 Å². The van der Waals surface area contributed by atoms with Crippen LogP contribution in [0.4, 0.5) is 11.8 Å². The van der Waals surface area contributed by atoms with Crippen molar-refractivity contribution in [1.29, 1.82) is 0 Å². The number of hydrogen-bond donors (Lipinski definition) is 1. The van der Waals surface area contributed by atoms with Crippen LogP contribution in [-0.2, 0) is 16.5 Å². The van der Waals surface area contributed by atoms with E-state index in [1.54, 1.807) is 14.2 Å². The number of hydrogen-bond acceptors (Lipinski definition) is 7. The van der Waals surface area contributed by atoms with Crippen molar-refractivity contribution < 1.29 is 9.47 Å². The molecule has 0 aliphatic heterocycles. The summed E-state index contributed by atoms with van der Waals surface area (Å²) in [4.78, 5) is 15.3. The number of nitrogens with zero attached hydrogens (tertiary/aromatic N) is 5. The van der Waals surface area contributed by atoms with Gasteiger partial charge in [0.15, 0.2) is 17.0 Å². The minimum Gasteiger partial charge on any atom is -0.383 e. The zero-order valence-electron chi connectivity index (χ0n) is 13.0. The summed E-state index contributed by atoms with van der Waals surface area (Å²) >= 11 is 0. The molecule has 0 aliphatic carbocycles. The molecular weight excluding hydrogens is 272 g/mol. The lowest BCUT2D eigenvalue weighted by molar-refractivity contribution is 0.190. The summed E-state index contributed by atoms with van der Waals surface area (Å²) in [6.45, 7) is 4.46. The minimum absolute atomic E-state index is 0.236. The van der Waals surface area contributed by atoms with Crippen LogP contribution in [0, 0.1) is 6.92 Å². The molecule has 0 saturated carbocycles. The zero-order valence-corrected chi connectivity index (χ0v) is 13.0. The second kappa shape index (κ2) is 6.68. The molecule has 0 aliphatic rings. The summed E-state index contributed by atoms with van der Waals surface area (Å²) in [5.74, 6) is 1.82. The first-order chi connectivity index (χ1) is 10.1. The van der Waals surface area contributed by atoms with Gasteiger partial charge in [0.05, 0.1) is 13.2 Å². The maximum absolute atomic E-state index is 5.85. The van der Waals surface area contributed by atoms with E-state index in [0.29, 0.717) is 26.3 Å². The Kier molecular flexibility index (Phi) is 4.92. The second-order valence-corrected chi connectivity index (χ2v) is 4.77. The standard InChI is InChI=1S/C13H22N6O2/c1-9-15-10-11(18(9)2)16-13(14)17-12(10)19(5-7-20-3)6-8-21-4/h5-8H2,1-4H3,(H2,14,16,17). The van der Waals surface area contributed by atoms with Gasteiger partial charge in [0.25, 0.3) is 0 Å². The molecule has 2 aromatic heterocycles. The molecule has 2 aromatic rings. The summed E-state index contributed by atoms with van der Waals surface area (Å²) in [7, 11) is 5.25. The van der Waals surface area contributed by atoms with Crippen LogP contribution in [0.3, 0.4) is 0 Å². The Balaban J connectivity index is 2.47. The highest BCUT2D eigenvalue weighted by molar-refractivity contribution is 5.85. The van der Waals surface area contributed by atoms with Crippen LogP contribution in [0.1, 0.15) is 5.82 Å². The first kappa shape index (κ1) is 15.5. The number of anilines is 2. The Morgan fingerprint density at radius 1 is 1.10 bits per heavy atom. The van der Waals surface area contributed by atoms with Gasteiger partial charge in [0, 0.05) is 34.4 Å². The van der Waals surface area contributed by atoms with Crippen molar-refractivity contribution in [2.45, 2.75) is 6.92 Å². The fraction of sp³-hybridized carbons (Fsp3) is 0.615. The number of methoxy groups -OCH3 is 2. The minimum atomic E-state index is 0.236. The lowest BCUT2D eigenvalue weighted by Crippen LogP contribution is -2.32. The van der Waals surface area contributed by atoms with Crippen molar-refractivity contribution in [2.75, 3.05) is 51.2 Å². The van der Waals surface area contributed by atoms with E-state index in [-0.39, 0.29) is 5.95 Å². The molecule has 116 valence electrons. The van der Waals surface area contributed by atoms with Gasteiger partial charge in [-0.15, -0.1) is 0 Å². The Morgan fingerprint density at radius 3 is 2.29 bits per heavy atom. The summed E-state index contributed by atoms with van der Waals surface area (Å²) in [6, 6.07) is 0. The Morgan fingerprint density at radius 2 is 1.71 bits per heavy atom. The van der Waals surface area contributed by atoms with E-state index in [2.05, 4.69) is 19.9 Å². The van der Waals surface area contributed by atoms with E-state index < -0.39 is 0 Å². The second-order valence-electron chi connectivity index (χ2n) is 4.77. The highest BCUT2D eigenvalue weighted by Gasteiger charge is 2.18. The quantitative estimate of drug-likeness (QED) is 0.788. The summed E-state index contributed by atoms with van der Waals surface area (Å²) in [6.07, 6.45) is 0. The van der Waals surface area contributed by atoms with E-state index in [1.807, 2.05) is 18.5 Å². The van der Waals surface area contributed by atoms with E-state index in [4.69, 9.17) is 15.2 Å². The van der Waals surface area contributed by atoms with Crippen molar-refractivity contribution in [2.24, 2.45) is 7.05 Å². The van der Waals surface area contributed by atoms with Crippen LogP contribution >= 0.6 is 0 Å². The predicted octanol–water partition coefficient (Wildman–Crippen LogP) is 0.353. The van der Waals surface area contributed by atoms with Gasteiger partial charge in [0.2, 0.25) is 5.95 Å². The summed E-state index contributed by atoms with van der Waals surface area (Å²) in [5, 5.41) is 0. The number of aromatic nitrogens is 4. The summed E-state index contributed by atoms with van der Waals surface area (Å²) in [5.41, 5.74) is 7.32. The molecule has 21 heavy (non-hydrogen) atoms. The van der Waals surface area contributed by atoms with Crippen LogP contribution < -0.4 is 10.6 Å². The van der Waals surface area contributed by atoms with Crippen molar-refractivity contribution in [3.05, 3.63) is 5.82 Å². The van der Waals surface area contributed by atoms with Crippen molar-refractivity contribution >= 4 is 22.9 Å². The maximum atomic E-state index is 5.85. The molecule has 0 amide bonds. The van der Waals surface area contributed by atoms with E-state index >= 15 is 0 Å². The Hall–Kier alpha value is -1.93. The molecule has 0 atom stereocenters. The Labute approximate surface area is 123 Å². The van der Waals surface area contributed by atoms with Crippen LogP contribution in [0.2, 0.25) is 0 Å². The highest BCUT2D eigenvalue weighted by Crippen LogP contribution is 2.24. The summed E-state index contributed by atoms with van der Waals surface area (Å²) < 4.78 is 12.2. The molecule has 0 unspecified atom stereocenters. The normalized spacial score (nSPS) is 11.2. The van der Waals surface area contributed by atoms with Gasteiger partial charge >= 0.3 is 0 Å². The fourth-order valence-electron chi connectivity index (χ4n) is 2.12. The molecule has 2 rings (SSSR count). The smallest absolute Gasteiger partial charge is 0.224 e. The third-order valence-corrected chi connectivity index (χ3v) is 3.37. The molecule has 8 nitrogen and oxygen atoms in total. The average molecular weight is 294 g/mol. The molecule has 0 fully saturated rings. The predicted molar refractivity (Wildman–Crippen MR) is 81.4 cm³/mol. The number of nitrogens with two attached hydrogens (primary N) is 1. The number of ether oxygens (including phenoxy) is 2. The molecule has 2 N–H and O–H groups in total. The first-order valence-corrected chi connectivity index (χ1v) is 6.77. The number of rotatable bonds is 7. The van der Waals surface area contributed by atoms with Crippen molar-refractivity contribution in [1.82, 2.24) is 19.5 Å². The largest absolute Gasteiger partial charge is 0.383 e. The molecule has 0 radical (unpaired) electrons. The molecule has 0 aromatic carbocycles. The Bertz CT molecular complexity index is 604. The van der Waals surface area contributed by atoms with Gasteiger partial charge < -0.3 is 24.7 Å². The third kappa shape index (κ3) is 3.22. The number of nitrogen functional groups attached to an aromatic ring is 1. The first-order valence-electron chi connectivity index (χ1n) is 6.77. The van der Waals surface area contributed by atoms with Gasteiger partial charge in [0.1, 0.15) is 5.82 Å². The number of imidazole rings is 1. The average Bonchev–Trinajstić information content (AvgIpc) is 2.75. The van der Waals surface area contributed by atoms with Gasteiger partial charge in [-0.2, -0.15) is 9.97 Å². The van der Waals surface area contributed by atoms with Crippen LogP contribution in [-0.4, -0.2) is 60.0 Å². The van der Waals surface area contributed by atoms with E-state index in [1.165, 1.54) is 0 Å². The molecule has 0 saturated heterocycles. The number of aryl methyl sites for hydroxylation is 2. The molecule has 8 heteroatoms. The number of fused-ring (bicyclic) bond motifs is 1. The fourth-order valence-corrected chi connectivity index (χ4v) is 2.12. The van der Waals surface area contributed by atoms with Crippen LogP contribution in [0.25, 0.3) is 11.2 Å². The van der Waals surface area contributed by atoms with Gasteiger partial charge in [-0.25, -0.2) is 4.98 Å².